The van der Waals surface area contributed by atoms with Crippen LogP contribution >= 0.6 is 11.3 Å². The van der Waals surface area contributed by atoms with Gasteiger partial charge in [-0.05, 0) is 11.4 Å². The highest BCUT2D eigenvalue weighted by molar-refractivity contribution is 7.13. The molecule has 2 heterocycles. The van der Waals surface area contributed by atoms with Gasteiger partial charge in [-0.2, -0.15) is 0 Å². The van der Waals surface area contributed by atoms with E-state index in [0.717, 1.165) is 11.3 Å². The molecule has 0 fully saturated rings. The zero-order valence-electron chi connectivity index (χ0n) is 6.95. The first-order chi connectivity index (χ1) is 6.79. The molecule has 14 heavy (non-hydrogen) atoms. The predicted octanol–water partition coefficient (Wildman–Crippen LogP) is 2.11. The predicted molar refractivity (Wildman–Crippen MR) is 52.0 cm³/mol. The number of nitro groups is 1. The quantitative estimate of drug-likeness (QED) is 0.558. The Morgan fingerprint density at radius 3 is 2.71 bits per heavy atom. The van der Waals surface area contributed by atoms with Crippen LogP contribution in [0.25, 0.3) is 11.1 Å². The Hall–Kier alpha value is -1.82. The highest BCUT2D eigenvalue weighted by atomic mass is 32.1. The van der Waals surface area contributed by atoms with E-state index in [1.165, 1.54) is 6.33 Å². The summed E-state index contributed by atoms with van der Waals surface area (Å²) in [6.07, 6.45) is 4.51. The molecule has 0 aromatic carbocycles. The van der Waals surface area contributed by atoms with Gasteiger partial charge in [-0.3, -0.25) is 10.1 Å². The van der Waals surface area contributed by atoms with Crippen molar-refractivity contribution in [3.8, 4) is 11.1 Å². The Balaban J connectivity index is 2.52. The minimum atomic E-state index is -0.396. The first kappa shape index (κ1) is 8.76. The van der Waals surface area contributed by atoms with Gasteiger partial charge in [-0.25, -0.2) is 9.97 Å². The molecule has 0 N–H and O–H groups in total. The first-order valence-electron chi connectivity index (χ1n) is 3.76. The van der Waals surface area contributed by atoms with Crippen molar-refractivity contribution in [3.63, 3.8) is 0 Å². The van der Waals surface area contributed by atoms with Crippen molar-refractivity contribution in [1.82, 2.24) is 9.97 Å². The van der Waals surface area contributed by atoms with Crippen LogP contribution in [0.15, 0.2) is 30.2 Å². The lowest BCUT2D eigenvalue weighted by Gasteiger charge is -1.94. The fourth-order valence-electron chi connectivity index (χ4n) is 1.10. The van der Waals surface area contributed by atoms with E-state index < -0.39 is 4.92 Å². The van der Waals surface area contributed by atoms with Crippen molar-refractivity contribution in [3.05, 3.63) is 40.3 Å². The molecular formula is C8H5N3O2S. The number of aromatic nitrogens is 2. The molecule has 0 atom stereocenters. The van der Waals surface area contributed by atoms with E-state index in [0.29, 0.717) is 11.1 Å². The number of thiophene rings is 1. The zero-order chi connectivity index (χ0) is 9.97. The minimum absolute atomic E-state index is 0.125. The van der Waals surface area contributed by atoms with Crippen LogP contribution in [0, 0.1) is 10.1 Å². The van der Waals surface area contributed by atoms with Crippen molar-refractivity contribution in [1.29, 1.82) is 0 Å². The molecule has 2 rings (SSSR count). The van der Waals surface area contributed by atoms with Crippen LogP contribution < -0.4 is 0 Å². The van der Waals surface area contributed by atoms with E-state index in [9.17, 15) is 10.1 Å². The summed E-state index contributed by atoms with van der Waals surface area (Å²) < 4.78 is 0. The highest BCUT2D eigenvalue weighted by Gasteiger charge is 2.16. The summed E-state index contributed by atoms with van der Waals surface area (Å²) in [5.41, 5.74) is 1.24. The molecule has 0 aliphatic carbocycles. The van der Waals surface area contributed by atoms with Gasteiger partial charge in [0.15, 0.2) is 0 Å². The van der Waals surface area contributed by atoms with E-state index >= 15 is 0 Å². The maximum absolute atomic E-state index is 10.6. The summed E-state index contributed by atoms with van der Waals surface area (Å²) in [6, 6.07) is 1.70. The SMILES string of the molecule is O=[N+]([O-])c1sccc1-c1cncnc1. The van der Waals surface area contributed by atoms with Gasteiger partial charge in [0, 0.05) is 18.0 Å². The number of rotatable bonds is 2. The van der Waals surface area contributed by atoms with Crippen molar-refractivity contribution in [2.45, 2.75) is 0 Å². The standard InChI is InChI=1S/C8H5N3O2S/c12-11(13)8-7(1-2-14-8)6-3-9-5-10-4-6/h1-5H. The Morgan fingerprint density at radius 1 is 1.36 bits per heavy atom. The normalized spacial score (nSPS) is 10.0. The van der Waals surface area contributed by atoms with E-state index in [2.05, 4.69) is 9.97 Å². The molecule has 2 aromatic heterocycles. The Bertz CT molecular complexity index is 455. The molecule has 0 aliphatic heterocycles. The topological polar surface area (TPSA) is 68.9 Å². The van der Waals surface area contributed by atoms with E-state index in [1.807, 2.05) is 0 Å². The summed E-state index contributed by atoms with van der Waals surface area (Å²) >= 11 is 1.10. The third kappa shape index (κ3) is 1.47. The van der Waals surface area contributed by atoms with E-state index in [-0.39, 0.29) is 5.00 Å². The number of hydrogen-bond donors (Lipinski definition) is 0. The lowest BCUT2D eigenvalue weighted by molar-refractivity contribution is -0.379. The van der Waals surface area contributed by atoms with Crippen molar-refractivity contribution >= 4 is 16.3 Å². The molecular weight excluding hydrogens is 202 g/mol. The highest BCUT2D eigenvalue weighted by Crippen LogP contribution is 2.33. The van der Waals surface area contributed by atoms with Gasteiger partial charge in [-0.15, -0.1) is 0 Å². The fraction of sp³-hybridized carbons (Fsp3) is 0. The second-order valence-electron chi connectivity index (χ2n) is 2.52. The molecule has 0 saturated carbocycles. The van der Waals surface area contributed by atoms with Crippen molar-refractivity contribution in [2.24, 2.45) is 0 Å². The van der Waals surface area contributed by atoms with Gasteiger partial charge >= 0.3 is 5.00 Å². The minimum Gasteiger partial charge on any atom is -0.258 e. The molecule has 5 nitrogen and oxygen atoms in total. The molecule has 0 spiro atoms. The maximum atomic E-state index is 10.6. The molecule has 0 aliphatic rings. The van der Waals surface area contributed by atoms with Crippen LogP contribution in [0.1, 0.15) is 0 Å². The van der Waals surface area contributed by atoms with Gasteiger partial charge in [-0.1, -0.05) is 11.3 Å². The number of hydrogen-bond acceptors (Lipinski definition) is 5. The second kappa shape index (κ2) is 3.51. The largest absolute Gasteiger partial charge is 0.331 e. The molecule has 70 valence electrons. The van der Waals surface area contributed by atoms with Crippen molar-refractivity contribution in [2.75, 3.05) is 0 Å². The third-order valence-electron chi connectivity index (χ3n) is 1.68. The van der Waals surface area contributed by atoms with Crippen LogP contribution in [0.3, 0.4) is 0 Å². The third-order valence-corrected chi connectivity index (χ3v) is 2.55. The monoisotopic (exact) mass is 207 g/mol. The van der Waals surface area contributed by atoms with Gasteiger partial charge in [0.05, 0.1) is 10.5 Å². The Kier molecular flexibility index (Phi) is 2.19. The molecule has 0 bridgehead atoms. The van der Waals surface area contributed by atoms with Crippen LogP contribution in [-0.4, -0.2) is 14.9 Å². The molecule has 0 unspecified atom stereocenters. The summed E-state index contributed by atoms with van der Waals surface area (Å²) in [4.78, 5) is 17.9. The molecule has 0 radical (unpaired) electrons. The smallest absolute Gasteiger partial charge is 0.258 e. The Labute approximate surface area is 83.2 Å². The van der Waals surface area contributed by atoms with Crippen LogP contribution in [0.4, 0.5) is 5.00 Å². The van der Waals surface area contributed by atoms with Crippen LogP contribution in [-0.2, 0) is 0 Å². The molecule has 0 amide bonds. The summed E-state index contributed by atoms with van der Waals surface area (Å²) in [6.45, 7) is 0. The zero-order valence-corrected chi connectivity index (χ0v) is 7.77. The van der Waals surface area contributed by atoms with Gasteiger partial charge in [0.25, 0.3) is 0 Å². The molecule has 0 saturated heterocycles. The second-order valence-corrected chi connectivity index (χ2v) is 3.42. The Morgan fingerprint density at radius 2 is 2.07 bits per heavy atom. The lowest BCUT2D eigenvalue weighted by atomic mass is 10.2. The summed E-state index contributed by atoms with van der Waals surface area (Å²) in [7, 11) is 0. The fourth-order valence-corrected chi connectivity index (χ4v) is 1.83. The summed E-state index contributed by atoms with van der Waals surface area (Å²) in [5.74, 6) is 0. The van der Waals surface area contributed by atoms with E-state index in [1.54, 1.807) is 23.8 Å². The molecule has 2 aromatic rings. The summed E-state index contributed by atoms with van der Waals surface area (Å²) in [5, 5.41) is 12.4. The lowest BCUT2D eigenvalue weighted by Crippen LogP contribution is -1.87. The average Bonchev–Trinajstić information content (AvgIpc) is 2.67. The van der Waals surface area contributed by atoms with E-state index in [4.69, 9.17) is 0 Å². The number of nitrogens with zero attached hydrogens (tertiary/aromatic N) is 3. The van der Waals surface area contributed by atoms with Crippen LogP contribution in [0.2, 0.25) is 0 Å². The van der Waals surface area contributed by atoms with Crippen molar-refractivity contribution < 1.29 is 4.92 Å². The van der Waals surface area contributed by atoms with Gasteiger partial charge in [0.1, 0.15) is 6.33 Å². The van der Waals surface area contributed by atoms with Crippen LogP contribution in [0.5, 0.6) is 0 Å². The average molecular weight is 207 g/mol. The maximum Gasteiger partial charge on any atom is 0.331 e. The first-order valence-corrected chi connectivity index (χ1v) is 4.64. The van der Waals surface area contributed by atoms with Gasteiger partial charge in [0.2, 0.25) is 0 Å². The molecule has 6 heteroatoms. The van der Waals surface area contributed by atoms with Gasteiger partial charge < -0.3 is 0 Å².